The van der Waals surface area contributed by atoms with Gasteiger partial charge in [0.2, 0.25) is 5.91 Å². The first kappa shape index (κ1) is 25.4. The van der Waals surface area contributed by atoms with Gasteiger partial charge in [0.25, 0.3) is 0 Å². The lowest BCUT2D eigenvalue weighted by atomic mass is 9.82. The number of nitrogens with two attached hydrogens (primary N) is 2. The molecule has 0 unspecified atom stereocenters. The number of rotatable bonds is 6. The third-order valence-electron chi connectivity index (χ3n) is 6.22. The zero-order chi connectivity index (χ0) is 25.2. The second-order valence-corrected chi connectivity index (χ2v) is 9.17. The van der Waals surface area contributed by atoms with Crippen LogP contribution in [0.4, 0.5) is 30.2 Å². The lowest BCUT2D eigenvalue weighted by Crippen LogP contribution is -2.42. The normalized spacial score (nSPS) is 18.6. The molecule has 0 saturated heterocycles. The van der Waals surface area contributed by atoms with Crippen LogP contribution in [0, 0.1) is 11.8 Å². The Morgan fingerprint density at radius 1 is 1.09 bits per heavy atom. The Kier molecular flexibility index (Phi) is 7.43. The molecular formula is C25H30F3N3O3. The van der Waals surface area contributed by atoms with Crippen molar-refractivity contribution in [3.8, 4) is 11.5 Å². The van der Waals surface area contributed by atoms with Gasteiger partial charge in [-0.25, -0.2) is 0 Å². The molecule has 2 aromatic carbocycles. The third-order valence-corrected chi connectivity index (χ3v) is 6.22. The molecular weight excluding hydrogens is 447 g/mol. The zero-order valence-corrected chi connectivity index (χ0v) is 19.5. The highest BCUT2D eigenvalue weighted by Crippen LogP contribution is 2.42. The minimum absolute atomic E-state index is 0.00293. The van der Waals surface area contributed by atoms with Gasteiger partial charge in [-0.2, -0.15) is 13.2 Å². The van der Waals surface area contributed by atoms with Crippen LogP contribution in [0.1, 0.15) is 62.4 Å². The average molecular weight is 478 g/mol. The molecule has 2 aromatic rings. The second-order valence-electron chi connectivity index (χ2n) is 9.17. The highest BCUT2D eigenvalue weighted by Gasteiger charge is 2.36. The lowest BCUT2D eigenvalue weighted by molar-refractivity contribution is -0.138. The largest absolute Gasteiger partial charge is 0.457 e. The SMILES string of the molecule is CC(C)N(c1ccc(Oc2cc(N)c(N)cc2C(F)(F)F)cc1C=O)C(=O)[C@H]1CC[C@H](C)CC1. The van der Waals surface area contributed by atoms with E-state index in [0.29, 0.717) is 24.0 Å². The summed E-state index contributed by atoms with van der Waals surface area (Å²) in [5.41, 5.74) is 10.4. The van der Waals surface area contributed by atoms with Gasteiger partial charge in [-0.15, -0.1) is 0 Å². The van der Waals surface area contributed by atoms with Crippen molar-refractivity contribution in [2.75, 3.05) is 16.4 Å². The third kappa shape index (κ3) is 5.46. The number of halogens is 3. The molecule has 3 rings (SSSR count). The molecule has 1 saturated carbocycles. The molecule has 0 spiro atoms. The maximum atomic E-state index is 13.5. The Bertz CT molecular complexity index is 1060. The van der Waals surface area contributed by atoms with Gasteiger partial charge in [0.1, 0.15) is 17.1 Å². The summed E-state index contributed by atoms with van der Waals surface area (Å²) in [5, 5.41) is 0. The van der Waals surface area contributed by atoms with E-state index >= 15 is 0 Å². The Morgan fingerprint density at radius 3 is 2.26 bits per heavy atom. The molecule has 1 aliphatic carbocycles. The first-order valence-corrected chi connectivity index (χ1v) is 11.3. The summed E-state index contributed by atoms with van der Waals surface area (Å²) in [4.78, 5) is 26.9. The van der Waals surface area contributed by atoms with Crippen LogP contribution in [0.2, 0.25) is 0 Å². The smallest absolute Gasteiger partial charge is 0.420 e. The lowest BCUT2D eigenvalue weighted by Gasteiger charge is -2.34. The summed E-state index contributed by atoms with van der Waals surface area (Å²) in [6.45, 7) is 5.88. The summed E-state index contributed by atoms with van der Waals surface area (Å²) in [7, 11) is 0. The monoisotopic (exact) mass is 477 g/mol. The quantitative estimate of drug-likeness (QED) is 0.390. The van der Waals surface area contributed by atoms with Crippen molar-refractivity contribution in [2.24, 2.45) is 11.8 Å². The van der Waals surface area contributed by atoms with E-state index in [4.69, 9.17) is 16.2 Å². The van der Waals surface area contributed by atoms with Gasteiger partial charge in [0.05, 0.1) is 17.1 Å². The summed E-state index contributed by atoms with van der Waals surface area (Å²) in [6.07, 6.45) is -0.623. The highest BCUT2D eigenvalue weighted by molar-refractivity contribution is 6.00. The molecule has 9 heteroatoms. The number of ether oxygens (including phenoxy) is 1. The van der Waals surface area contributed by atoms with E-state index in [-0.39, 0.29) is 40.6 Å². The highest BCUT2D eigenvalue weighted by atomic mass is 19.4. The number of hydrogen-bond acceptors (Lipinski definition) is 5. The van der Waals surface area contributed by atoms with E-state index < -0.39 is 17.5 Å². The summed E-state index contributed by atoms with van der Waals surface area (Å²) in [6, 6.07) is 5.77. The number of aldehydes is 1. The number of amides is 1. The molecule has 0 atom stereocenters. The molecule has 34 heavy (non-hydrogen) atoms. The minimum atomic E-state index is -4.72. The minimum Gasteiger partial charge on any atom is -0.457 e. The van der Waals surface area contributed by atoms with Crippen LogP contribution >= 0.6 is 0 Å². The number of benzene rings is 2. The maximum Gasteiger partial charge on any atom is 0.420 e. The van der Waals surface area contributed by atoms with Crippen LogP contribution in [0.5, 0.6) is 11.5 Å². The van der Waals surface area contributed by atoms with Crippen LogP contribution in [-0.2, 0) is 11.0 Å². The fourth-order valence-corrected chi connectivity index (χ4v) is 4.31. The average Bonchev–Trinajstić information content (AvgIpc) is 2.76. The predicted molar refractivity (Wildman–Crippen MR) is 126 cm³/mol. The van der Waals surface area contributed by atoms with Crippen LogP contribution < -0.4 is 21.1 Å². The van der Waals surface area contributed by atoms with Gasteiger partial charge in [-0.3, -0.25) is 9.59 Å². The van der Waals surface area contributed by atoms with Gasteiger partial charge in [-0.05, 0) is 69.7 Å². The maximum absolute atomic E-state index is 13.5. The fraction of sp³-hybridized carbons (Fsp3) is 0.440. The molecule has 1 aliphatic rings. The number of carbonyl (C=O) groups excluding carboxylic acids is 2. The topological polar surface area (TPSA) is 98.7 Å². The first-order chi connectivity index (χ1) is 15.9. The van der Waals surface area contributed by atoms with Crippen LogP contribution in [0.25, 0.3) is 0 Å². The van der Waals surface area contributed by atoms with Gasteiger partial charge in [0.15, 0.2) is 6.29 Å². The van der Waals surface area contributed by atoms with E-state index in [9.17, 15) is 22.8 Å². The Morgan fingerprint density at radius 2 is 1.71 bits per heavy atom. The van der Waals surface area contributed by atoms with E-state index in [2.05, 4.69) is 6.92 Å². The van der Waals surface area contributed by atoms with E-state index in [0.717, 1.165) is 31.7 Å². The van der Waals surface area contributed by atoms with Crippen molar-refractivity contribution in [3.63, 3.8) is 0 Å². The van der Waals surface area contributed by atoms with Crippen molar-refractivity contribution >= 4 is 29.3 Å². The standard InChI is InChI=1S/C25H30F3N3O3/c1-14(2)31(24(33)16-6-4-15(3)5-7-16)22-9-8-18(10-17(22)13-32)34-23-12-21(30)20(29)11-19(23)25(26,27)28/h8-16H,4-7,29-30H2,1-3H3/t15-,16-. The number of nitrogen functional groups attached to an aromatic ring is 2. The van der Waals surface area contributed by atoms with Gasteiger partial charge >= 0.3 is 6.18 Å². The molecule has 0 aliphatic heterocycles. The van der Waals surface area contributed by atoms with Crippen molar-refractivity contribution < 1.29 is 27.5 Å². The molecule has 0 heterocycles. The summed E-state index contributed by atoms with van der Waals surface area (Å²) < 4.78 is 45.9. The van der Waals surface area contributed by atoms with E-state index in [1.54, 1.807) is 4.90 Å². The molecule has 1 amide bonds. The zero-order valence-electron chi connectivity index (χ0n) is 19.5. The molecule has 6 nitrogen and oxygen atoms in total. The number of hydrogen-bond donors (Lipinski definition) is 2. The van der Waals surface area contributed by atoms with Gasteiger partial charge in [0, 0.05) is 23.6 Å². The number of anilines is 3. The molecule has 1 fully saturated rings. The van der Waals surface area contributed by atoms with Crippen molar-refractivity contribution in [1.82, 2.24) is 0 Å². The number of carbonyl (C=O) groups is 2. The summed E-state index contributed by atoms with van der Waals surface area (Å²) in [5.74, 6) is -0.118. The van der Waals surface area contributed by atoms with Crippen LogP contribution in [0.15, 0.2) is 30.3 Å². The number of nitrogens with zero attached hydrogens (tertiary/aromatic N) is 1. The van der Waals surface area contributed by atoms with Gasteiger partial charge in [-0.1, -0.05) is 6.92 Å². The first-order valence-electron chi connectivity index (χ1n) is 11.3. The molecule has 4 N–H and O–H groups in total. The van der Waals surface area contributed by atoms with Crippen molar-refractivity contribution in [3.05, 3.63) is 41.5 Å². The van der Waals surface area contributed by atoms with Crippen molar-refractivity contribution in [1.29, 1.82) is 0 Å². The van der Waals surface area contributed by atoms with Crippen LogP contribution in [0.3, 0.4) is 0 Å². The molecule has 0 radical (unpaired) electrons. The second kappa shape index (κ2) is 9.95. The molecule has 0 aromatic heterocycles. The van der Waals surface area contributed by atoms with E-state index in [1.165, 1.54) is 18.2 Å². The molecule has 0 bridgehead atoms. The molecule has 184 valence electrons. The predicted octanol–water partition coefficient (Wildman–Crippen LogP) is 6.04. The number of alkyl halides is 3. The van der Waals surface area contributed by atoms with Gasteiger partial charge < -0.3 is 21.1 Å². The van der Waals surface area contributed by atoms with Crippen LogP contribution in [-0.4, -0.2) is 18.2 Å². The fourth-order valence-electron chi connectivity index (χ4n) is 4.31. The Labute approximate surface area is 197 Å². The van der Waals surface area contributed by atoms with E-state index in [1.807, 2.05) is 13.8 Å². The summed E-state index contributed by atoms with van der Waals surface area (Å²) >= 11 is 0. The Hall–Kier alpha value is -3.23. The Balaban J connectivity index is 1.95. The van der Waals surface area contributed by atoms with Crippen molar-refractivity contribution in [2.45, 2.75) is 58.7 Å².